The Morgan fingerprint density at radius 1 is 1.19 bits per heavy atom. The highest BCUT2D eigenvalue weighted by molar-refractivity contribution is 5.47. The van der Waals surface area contributed by atoms with Crippen LogP contribution in [0, 0.1) is 5.82 Å². The Hall–Kier alpha value is -2.44. The number of hydrogen-bond donors (Lipinski definition) is 1. The summed E-state index contributed by atoms with van der Waals surface area (Å²) < 4.78 is 13.0. The van der Waals surface area contributed by atoms with Gasteiger partial charge in [-0.25, -0.2) is 14.4 Å². The van der Waals surface area contributed by atoms with E-state index in [9.17, 15) is 4.39 Å². The first-order chi connectivity index (χ1) is 10.1. The fraction of sp³-hybridized carbons (Fsp3) is 0.357. The number of anilines is 3. The summed E-state index contributed by atoms with van der Waals surface area (Å²) in [5.41, 5.74) is 5.68. The molecule has 1 atom stereocenters. The highest BCUT2D eigenvalue weighted by Gasteiger charge is 2.25. The predicted molar refractivity (Wildman–Crippen MR) is 79.7 cm³/mol. The number of rotatable bonds is 2. The van der Waals surface area contributed by atoms with Gasteiger partial charge in [-0.2, -0.15) is 0 Å². The van der Waals surface area contributed by atoms with Gasteiger partial charge in [-0.3, -0.25) is 4.98 Å². The Bertz CT molecular complexity index is 617. The molecule has 7 heteroatoms. The van der Waals surface area contributed by atoms with Gasteiger partial charge in [0.1, 0.15) is 23.3 Å². The normalized spacial score (nSPS) is 18.9. The van der Waals surface area contributed by atoms with Crippen LogP contribution in [0.2, 0.25) is 0 Å². The van der Waals surface area contributed by atoms with Gasteiger partial charge in [0.15, 0.2) is 0 Å². The van der Waals surface area contributed by atoms with Crippen molar-refractivity contribution in [2.75, 3.05) is 35.2 Å². The van der Waals surface area contributed by atoms with Crippen LogP contribution in [0.3, 0.4) is 0 Å². The lowest BCUT2D eigenvalue weighted by Gasteiger charge is -2.41. The third-order valence-electron chi connectivity index (χ3n) is 3.60. The number of aromatic nitrogens is 3. The third kappa shape index (κ3) is 2.86. The summed E-state index contributed by atoms with van der Waals surface area (Å²) in [5.74, 6) is 1.68. The molecule has 0 aromatic carbocycles. The molecule has 0 bridgehead atoms. The van der Waals surface area contributed by atoms with Gasteiger partial charge in [-0.05, 0) is 19.1 Å². The van der Waals surface area contributed by atoms with Crippen molar-refractivity contribution in [3.63, 3.8) is 0 Å². The number of nitrogens with zero attached hydrogens (tertiary/aromatic N) is 5. The van der Waals surface area contributed by atoms with Crippen LogP contribution >= 0.6 is 0 Å². The van der Waals surface area contributed by atoms with Crippen molar-refractivity contribution in [2.45, 2.75) is 13.0 Å². The molecule has 1 fully saturated rings. The lowest BCUT2D eigenvalue weighted by Crippen LogP contribution is -2.52. The number of hydrogen-bond acceptors (Lipinski definition) is 6. The second-order valence-corrected chi connectivity index (χ2v) is 5.13. The summed E-state index contributed by atoms with van der Waals surface area (Å²) in [6, 6.07) is 3.38. The Kier molecular flexibility index (Phi) is 3.55. The Morgan fingerprint density at radius 2 is 2.05 bits per heavy atom. The van der Waals surface area contributed by atoms with Crippen LogP contribution < -0.4 is 15.5 Å². The largest absolute Gasteiger partial charge is 0.382 e. The molecule has 6 nitrogen and oxygen atoms in total. The molecule has 0 radical (unpaired) electrons. The molecule has 0 saturated carbocycles. The zero-order chi connectivity index (χ0) is 14.8. The van der Waals surface area contributed by atoms with Crippen molar-refractivity contribution in [3.05, 3.63) is 36.5 Å². The van der Waals surface area contributed by atoms with Crippen LogP contribution in [0.1, 0.15) is 6.92 Å². The molecule has 21 heavy (non-hydrogen) atoms. The molecule has 2 aromatic heterocycles. The topological polar surface area (TPSA) is 71.2 Å². The van der Waals surface area contributed by atoms with E-state index in [2.05, 4.69) is 31.7 Å². The van der Waals surface area contributed by atoms with Gasteiger partial charge in [0.2, 0.25) is 0 Å². The summed E-state index contributed by atoms with van der Waals surface area (Å²) in [4.78, 5) is 16.8. The molecule has 0 spiro atoms. The molecular formula is C14H17FN6. The summed E-state index contributed by atoms with van der Waals surface area (Å²) in [6.07, 6.45) is 4.50. The monoisotopic (exact) mass is 288 g/mol. The summed E-state index contributed by atoms with van der Waals surface area (Å²) in [6.45, 7) is 4.48. The quantitative estimate of drug-likeness (QED) is 0.898. The van der Waals surface area contributed by atoms with Crippen molar-refractivity contribution < 1.29 is 4.39 Å². The van der Waals surface area contributed by atoms with Crippen LogP contribution in [0.5, 0.6) is 0 Å². The number of piperazine rings is 1. The molecule has 3 rings (SSSR count). The Labute approximate surface area is 122 Å². The van der Waals surface area contributed by atoms with Crippen LogP contribution in [0.15, 0.2) is 30.7 Å². The number of nitrogen functional groups attached to an aromatic ring is 1. The molecule has 0 aliphatic carbocycles. The van der Waals surface area contributed by atoms with E-state index in [4.69, 9.17) is 5.73 Å². The van der Waals surface area contributed by atoms with Crippen LogP contribution in [0.4, 0.5) is 21.8 Å². The van der Waals surface area contributed by atoms with E-state index in [1.54, 1.807) is 12.3 Å². The fourth-order valence-electron chi connectivity index (χ4n) is 2.57. The van der Waals surface area contributed by atoms with Crippen molar-refractivity contribution >= 4 is 17.5 Å². The van der Waals surface area contributed by atoms with Gasteiger partial charge in [0.25, 0.3) is 0 Å². The highest BCUT2D eigenvalue weighted by atomic mass is 19.1. The molecule has 2 aromatic rings. The summed E-state index contributed by atoms with van der Waals surface area (Å²) in [5, 5.41) is 0. The van der Waals surface area contributed by atoms with Crippen LogP contribution in [-0.4, -0.2) is 40.6 Å². The molecule has 1 aliphatic heterocycles. The van der Waals surface area contributed by atoms with Crippen molar-refractivity contribution in [1.82, 2.24) is 15.0 Å². The Morgan fingerprint density at radius 3 is 2.71 bits per heavy atom. The van der Waals surface area contributed by atoms with E-state index in [1.165, 1.54) is 18.5 Å². The summed E-state index contributed by atoms with van der Waals surface area (Å²) >= 11 is 0. The standard InChI is InChI=1S/C14H17FN6/c1-10-9-20(14-8-17-7-12(16)19-14)4-5-21(10)13-3-2-11(15)6-18-13/h2-3,6-8,10H,4-5,9H2,1H3,(H2,16,19). The van der Waals surface area contributed by atoms with Gasteiger partial charge in [0, 0.05) is 25.7 Å². The number of nitrogens with two attached hydrogens (primary N) is 1. The van der Waals surface area contributed by atoms with E-state index in [1.807, 2.05) is 0 Å². The second-order valence-electron chi connectivity index (χ2n) is 5.13. The molecule has 1 unspecified atom stereocenters. The SMILES string of the molecule is CC1CN(c2cncc(N)n2)CCN1c1ccc(F)cn1. The summed E-state index contributed by atoms with van der Waals surface area (Å²) in [7, 11) is 0. The smallest absolute Gasteiger partial charge is 0.149 e. The zero-order valence-corrected chi connectivity index (χ0v) is 11.8. The van der Waals surface area contributed by atoms with Gasteiger partial charge in [-0.1, -0.05) is 0 Å². The highest BCUT2D eigenvalue weighted by Crippen LogP contribution is 2.21. The molecule has 3 heterocycles. The first kappa shape index (κ1) is 13.5. The second kappa shape index (κ2) is 5.51. The van der Waals surface area contributed by atoms with Gasteiger partial charge >= 0.3 is 0 Å². The predicted octanol–water partition coefficient (Wildman–Crippen LogP) is 1.31. The average Bonchev–Trinajstić information content (AvgIpc) is 2.48. The van der Waals surface area contributed by atoms with E-state index >= 15 is 0 Å². The third-order valence-corrected chi connectivity index (χ3v) is 3.60. The van der Waals surface area contributed by atoms with Gasteiger partial charge in [-0.15, -0.1) is 0 Å². The number of pyridine rings is 1. The molecular weight excluding hydrogens is 271 g/mol. The lowest BCUT2D eigenvalue weighted by atomic mass is 10.2. The Balaban J connectivity index is 1.73. The average molecular weight is 288 g/mol. The van der Waals surface area contributed by atoms with Crippen LogP contribution in [0.25, 0.3) is 0 Å². The molecule has 0 amide bonds. The minimum Gasteiger partial charge on any atom is -0.382 e. The van der Waals surface area contributed by atoms with Crippen molar-refractivity contribution in [3.8, 4) is 0 Å². The van der Waals surface area contributed by atoms with Crippen molar-refractivity contribution in [1.29, 1.82) is 0 Å². The van der Waals surface area contributed by atoms with Crippen molar-refractivity contribution in [2.24, 2.45) is 0 Å². The minimum absolute atomic E-state index is 0.236. The molecule has 110 valence electrons. The lowest BCUT2D eigenvalue weighted by molar-refractivity contribution is 0.540. The van der Waals surface area contributed by atoms with Crippen LogP contribution in [-0.2, 0) is 0 Å². The van der Waals surface area contributed by atoms with E-state index in [0.29, 0.717) is 5.82 Å². The molecule has 1 aliphatic rings. The maximum absolute atomic E-state index is 13.0. The van der Waals surface area contributed by atoms with Gasteiger partial charge in [0.05, 0.1) is 18.6 Å². The van der Waals surface area contributed by atoms with E-state index in [0.717, 1.165) is 31.3 Å². The van der Waals surface area contributed by atoms with Gasteiger partial charge < -0.3 is 15.5 Å². The first-order valence-corrected chi connectivity index (χ1v) is 6.84. The number of halogens is 1. The zero-order valence-electron chi connectivity index (χ0n) is 11.8. The molecule has 1 saturated heterocycles. The maximum Gasteiger partial charge on any atom is 0.149 e. The van der Waals surface area contributed by atoms with E-state index < -0.39 is 0 Å². The van der Waals surface area contributed by atoms with E-state index in [-0.39, 0.29) is 11.9 Å². The first-order valence-electron chi connectivity index (χ1n) is 6.84. The fourth-order valence-corrected chi connectivity index (χ4v) is 2.57. The maximum atomic E-state index is 13.0. The minimum atomic E-state index is -0.319. The molecule has 2 N–H and O–H groups in total.